The van der Waals surface area contributed by atoms with Gasteiger partial charge >= 0.3 is 0 Å². The van der Waals surface area contributed by atoms with E-state index in [9.17, 15) is 9.18 Å². The first kappa shape index (κ1) is 11.6. The fraction of sp³-hybridized carbons (Fsp3) is 0.143. The third-order valence-electron chi connectivity index (χ3n) is 2.99. The number of H-pyrrole nitrogens is 1. The predicted molar refractivity (Wildman–Crippen MR) is 69.5 cm³/mol. The van der Waals surface area contributed by atoms with Crippen LogP contribution in [0.1, 0.15) is 11.6 Å². The van der Waals surface area contributed by atoms with Crippen molar-refractivity contribution in [3.8, 4) is 11.1 Å². The summed E-state index contributed by atoms with van der Waals surface area (Å²) in [5.41, 5.74) is 1.44. The number of rotatable bonds is 1. The highest BCUT2D eigenvalue weighted by Crippen LogP contribution is 2.31. The highest BCUT2D eigenvalue weighted by atomic mass is 19.1. The molecule has 0 radical (unpaired) electrons. The van der Waals surface area contributed by atoms with Crippen molar-refractivity contribution in [2.75, 3.05) is 0 Å². The van der Waals surface area contributed by atoms with Gasteiger partial charge in [-0.15, -0.1) is 0 Å². The molecule has 0 fully saturated rings. The molecule has 5 heteroatoms. The van der Waals surface area contributed by atoms with E-state index in [0.29, 0.717) is 28.2 Å². The largest absolute Gasteiger partial charge is 0.442 e. The molecule has 0 spiro atoms. The molecule has 1 N–H and O–H groups in total. The Morgan fingerprint density at radius 3 is 2.58 bits per heavy atom. The SMILES string of the molecule is Cc1nc2oc(C)c(-c3ccc(F)cc3)c2c(=O)[nH]1. The van der Waals surface area contributed by atoms with Gasteiger partial charge in [-0.2, -0.15) is 4.98 Å². The summed E-state index contributed by atoms with van der Waals surface area (Å²) in [4.78, 5) is 18.9. The average molecular weight is 258 g/mol. The molecule has 19 heavy (non-hydrogen) atoms. The molecule has 0 unspecified atom stereocenters. The Balaban J connectivity index is 2.38. The Kier molecular flexibility index (Phi) is 2.48. The number of aromatic nitrogens is 2. The standard InChI is InChI=1S/C14H11FN2O2/c1-7-11(9-3-5-10(15)6-4-9)12-13(18)16-8(2)17-14(12)19-7/h3-6H,1-2H3,(H,16,17,18). The second kappa shape index (κ2) is 4.05. The zero-order valence-electron chi connectivity index (χ0n) is 10.5. The van der Waals surface area contributed by atoms with Crippen molar-refractivity contribution in [1.82, 2.24) is 9.97 Å². The van der Waals surface area contributed by atoms with Crippen LogP contribution in [0.3, 0.4) is 0 Å². The molecule has 3 rings (SSSR count). The maximum absolute atomic E-state index is 13.0. The van der Waals surface area contributed by atoms with Crippen molar-refractivity contribution < 1.29 is 8.81 Å². The van der Waals surface area contributed by atoms with Crippen LogP contribution >= 0.6 is 0 Å². The van der Waals surface area contributed by atoms with Gasteiger partial charge in [0.25, 0.3) is 5.56 Å². The molecule has 0 amide bonds. The first-order valence-electron chi connectivity index (χ1n) is 5.82. The summed E-state index contributed by atoms with van der Waals surface area (Å²) in [6, 6.07) is 5.94. The quantitative estimate of drug-likeness (QED) is 0.730. The van der Waals surface area contributed by atoms with Crippen LogP contribution in [0.2, 0.25) is 0 Å². The molecule has 4 nitrogen and oxygen atoms in total. The average Bonchev–Trinajstić information content (AvgIpc) is 2.66. The summed E-state index contributed by atoms with van der Waals surface area (Å²) in [5, 5.41) is 0.398. The van der Waals surface area contributed by atoms with E-state index in [4.69, 9.17) is 4.42 Å². The molecular formula is C14H11FN2O2. The van der Waals surface area contributed by atoms with Gasteiger partial charge in [0.05, 0.1) is 0 Å². The monoisotopic (exact) mass is 258 g/mol. The van der Waals surface area contributed by atoms with Crippen molar-refractivity contribution in [1.29, 1.82) is 0 Å². The summed E-state index contributed by atoms with van der Waals surface area (Å²) >= 11 is 0. The van der Waals surface area contributed by atoms with Crippen LogP contribution in [0.4, 0.5) is 4.39 Å². The normalized spacial score (nSPS) is 11.1. The molecule has 2 aromatic heterocycles. The fourth-order valence-corrected chi connectivity index (χ4v) is 2.19. The van der Waals surface area contributed by atoms with Crippen LogP contribution in [-0.4, -0.2) is 9.97 Å². The van der Waals surface area contributed by atoms with Gasteiger partial charge in [0.1, 0.15) is 22.8 Å². The van der Waals surface area contributed by atoms with Gasteiger partial charge < -0.3 is 9.40 Å². The lowest BCUT2D eigenvalue weighted by Crippen LogP contribution is -2.09. The summed E-state index contributed by atoms with van der Waals surface area (Å²) in [7, 11) is 0. The Bertz CT molecular complexity index is 816. The lowest BCUT2D eigenvalue weighted by Gasteiger charge is -1.99. The number of hydrogen-bond donors (Lipinski definition) is 1. The number of furan rings is 1. The Morgan fingerprint density at radius 2 is 1.89 bits per heavy atom. The molecule has 2 heterocycles. The number of benzene rings is 1. The maximum atomic E-state index is 13.0. The number of halogens is 1. The smallest absolute Gasteiger partial charge is 0.262 e. The van der Waals surface area contributed by atoms with Crippen molar-refractivity contribution in [3.05, 3.63) is 52.0 Å². The zero-order valence-corrected chi connectivity index (χ0v) is 10.5. The van der Waals surface area contributed by atoms with Crippen LogP contribution < -0.4 is 5.56 Å². The minimum Gasteiger partial charge on any atom is -0.442 e. The van der Waals surface area contributed by atoms with Gasteiger partial charge in [0.15, 0.2) is 0 Å². The number of aryl methyl sites for hydroxylation is 2. The predicted octanol–water partition coefficient (Wildman–Crippen LogP) is 2.94. The van der Waals surface area contributed by atoms with Gasteiger partial charge in [-0.25, -0.2) is 4.39 Å². The highest BCUT2D eigenvalue weighted by Gasteiger charge is 2.17. The third kappa shape index (κ3) is 1.83. The second-order valence-electron chi connectivity index (χ2n) is 4.37. The summed E-state index contributed by atoms with van der Waals surface area (Å²) in [5.74, 6) is 0.763. The molecule has 0 aliphatic heterocycles. The van der Waals surface area contributed by atoms with E-state index in [1.807, 2.05) is 0 Å². The lowest BCUT2D eigenvalue weighted by molar-refractivity contribution is 0.566. The van der Waals surface area contributed by atoms with Crippen molar-refractivity contribution in [3.63, 3.8) is 0 Å². The van der Waals surface area contributed by atoms with Crippen molar-refractivity contribution >= 4 is 11.1 Å². The Labute approximate surface area is 107 Å². The number of hydrogen-bond acceptors (Lipinski definition) is 3. The van der Waals surface area contributed by atoms with E-state index in [1.165, 1.54) is 12.1 Å². The van der Waals surface area contributed by atoms with Gasteiger partial charge in [0, 0.05) is 5.56 Å². The van der Waals surface area contributed by atoms with Crippen LogP contribution in [-0.2, 0) is 0 Å². The fourth-order valence-electron chi connectivity index (χ4n) is 2.19. The maximum Gasteiger partial charge on any atom is 0.262 e. The summed E-state index contributed by atoms with van der Waals surface area (Å²) in [6.07, 6.45) is 0. The van der Waals surface area contributed by atoms with E-state index >= 15 is 0 Å². The molecule has 0 bridgehead atoms. The van der Waals surface area contributed by atoms with E-state index < -0.39 is 0 Å². The molecule has 0 aliphatic carbocycles. The molecule has 0 saturated heterocycles. The molecular weight excluding hydrogens is 247 g/mol. The van der Waals surface area contributed by atoms with Gasteiger partial charge in [-0.1, -0.05) is 12.1 Å². The second-order valence-corrected chi connectivity index (χ2v) is 4.37. The lowest BCUT2D eigenvalue weighted by atomic mass is 10.0. The zero-order chi connectivity index (χ0) is 13.6. The van der Waals surface area contributed by atoms with Crippen LogP contribution in [0.25, 0.3) is 22.2 Å². The molecule has 96 valence electrons. The van der Waals surface area contributed by atoms with Crippen molar-refractivity contribution in [2.24, 2.45) is 0 Å². The van der Waals surface area contributed by atoms with E-state index in [0.717, 1.165) is 5.56 Å². The molecule has 1 aromatic carbocycles. The Morgan fingerprint density at radius 1 is 1.21 bits per heavy atom. The molecule has 0 aliphatic rings. The van der Waals surface area contributed by atoms with Crippen molar-refractivity contribution in [2.45, 2.75) is 13.8 Å². The van der Waals surface area contributed by atoms with Gasteiger partial charge in [0.2, 0.25) is 5.71 Å². The first-order valence-corrected chi connectivity index (χ1v) is 5.82. The topological polar surface area (TPSA) is 58.9 Å². The summed E-state index contributed by atoms with van der Waals surface area (Å²) in [6.45, 7) is 3.45. The number of fused-ring (bicyclic) bond motifs is 1. The summed E-state index contributed by atoms with van der Waals surface area (Å²) < 4.78 is 18.5. The number of nitrogens with one attached hydrogen (secondary N) is 1. The van der Waals surface area contributed by atoms with Crippen LogP contribution in [0, 0.1) is 19.7 Å². The molecule has 3 aromatic rings. The van der Waals surface area contributed by atoms with E-state index in [-0.39, 0.29) is 11.4 Å². The van der Waals surface area contributed by atoms with E-state index in [1.54, 1.807) is 26.0 Å². The Hall–Kier alpha value is -2.43. The van der Waals surface area contributed by atoms with Gasteiger partial charge in [-0.05, 0) is 31.5 Å². The van der Waals surface area contributed by atoms with Crippen LogP contribution in [0.5, 0.6) is 0 Å². The minimum absolute atomic E-state index is 0.251. The molecule has 0 saturated carbocycles. The minimum atomic E-state index is -0.322. The molecule has 0 atom stereocenters. The van der Waals surface area contributed by atoms with Gasteiger partial charge in [-0.3, -0.25) is 4.79 Å². The van der Waals surface area contributed by atoms with Crippen LogP contribution in [0.15, 0.2) is 33.5 Å². The third-order valence-corrected chi connectivity index (χ3v) is 2.99. The number of aromatic amines is 1. The van der Waals surface area contributed by atoms with E-state index in [2.05, 4.69) is 9.97 Å². The highest BCUT2D eigenvalue weighted by molar-refractivity contribution is 5.93. The first-order chi connectivity index (χ1) is 9.06. The number of nitrogens with zero attached hydrogens (tertiary/aromatic N) is 1.